The second-order valence-corrected chi connectivity index (χ2v) is 18.1. The van der Waals surface area contributed by atoms with Crippen LogP contribution in [0.3, 0.4) is 0 Å². The van der Waals surface area contributed by atoms with Gasteiger partial charge in [-0.25, -0.2) is 0 Å². The number of fused-ring (bicyclic) bond motifs is 1. The second-order valence-electron chi connectivity index (χ2n) is 16.9. The van der Waals surface area contributed by atoms with E-state index in [1.54, 1.807) is 62.2 Å². The van der Waals surface area contributed by atoms with Gasteiger partial charge in [-0.3, -0.25) is 14.4 Å². The first kappa shape index (κ1) is 50.2. The molecule has 5 rings (SSSR count). The Hall–Kier alpha value is -2.81. The molecule has 2 aromatic rings. The number of carbonyl (C=O) groups is 3. The lowest BCUT2D eigenvalue weighted by Gasteiger charge is -2.30. The number of hydrogen-bond donors (Lipinski definition) is 4. The Balaban J connectivity index is 0.000000363. The quantitative estimate of drug-likeness (QED) is 0.128. The molecule has 0 radical (unpaired) electrons. The van der Waals surface area contributed by atoms with Gasteiger partial charge in [0.05, 0.1) is 0 Å². The average molecular weight is 777 g/mol. The minimum absolute atomic E-state index is 0.0207. The van der Waals surface area contributed by atoms with Gasteiger partial charge in [0.1, 0.15) is 0 Å². The highest BCUT2D eigenvalue weighted by Gasteiger charge is 2.47. The molecule has 1 aliphatic carbocycles. The van der Waals surface area contributed by atoms with Crippen LogP contribution in [0.4, 0.5) is 0 Å². The zero-order chi connectivity index (χ0) is 41.9. The molecule has 2 amide bonds. The molecular formula is C45H74B2N2O5S. The molecule has 2 aromatic carbocycles. The monoisotopic (exact) mass is 777 g/mol. The standard InChI is InChI=1S/C11H16BNO2.C11H15BO2.C11H20.C10H17NOS.C2H6/c1-8(2)13-11(14)9-4-6-10(7-5-9)12(3)15;1-8(2)11(13)9-4-6-10(7-5-9)12(3)14;1-10(2)11-8-6-4-3-5-7-9-11;1-10(2,3)9-6-4-8(12)11-7(6)5-13-9;1-2/h4-8,15H,1-3H3,(H,13,14);4-8,14H,1-3H3;3-4,10-11H,5-9H2,1-2H3;6-7,9H,4-5H2,1-3H3,(H,11,12);1-2H3/b;;4-3+;;. The molecule has 4 N–H and O–H groups in total. The number of ketones is 1. The van der Waals surface area contributed by atoms with Crippen LogP contribution in [0.1, 0.15) is 135 Å². The fourth-order valence-electron chi connectivity index (χ4n) is 6.81. The van der Waals surface area contributed by atoms with Gasteiger partial charge in [0, 0.05) is 52.5 Å². The number of carbonyl (C=O) groups excluding carboxylic acids is 3. The van der Waals surface area contributed by atoms with E-state index in [4.69, 9.17) is 0 Å². The Kier molecular flexibility index (Phi) is 23.2. The van der Waals surface area contributed by atoms with Crippen molar-refractivity contribution in [2.24, 2.45) is 29.1 Å². The largest absolute Gasteiger partial charge is 0.447 e. The summed E-state index contributed by atoms with van der Waals surface area (Å²) < 4.78 is 0. The van der Waals surface area contributed by atoms with Crippen LogP contribution < -0.4 is 21.6 Å². The Morgan fingerprint density at radius 3 is 1.78 bits per heavy atom. The number of allylic oxidation sites excluding steroid dienone is 2. The molecule has 0 saturated carbocycles. The Bertz CT molecular complexity index is 1440. The predicted octanol–water partition coefficient (Wildman–Crippen LogP) is 8.45. The Morgan fingerprint density at radius 2 is 1.33 bits per heavy atom. The number of benzene rings is 2. The van der Waals surface area contributed by atoms with E-state index in [2.05, 4.69) is 57.4 Å². The van der Waals surface area contributed by atoms with Crippen molar-refractivity contribution >= 4 is 54.1 Å². The van der Waals surface area contributed by atoms with Crippen molar-refractivity contribution in [1.29, 1.82) is 0 Å². The van der Waals surface area contributed by atoms with Gasteiger partial charge in [0.25, 0.3) is 5.91 Å². The number of nitrogens with one attached hydrogen (secondary N) is 2. The molecule has 55 heavy (non-hydrogen) atoms. The third-order valence-electron chi connectivity index (χ3n) is 10.0. The molecule has 2 fully saturated rings. The molecule has 0 bridgehead atoms. The molecule has 2 aliphatic heterocycles. The van der Waals surface area contributed by atoms with Gasteiger partial charge in [-0.1, -0.05) is 125 Å². The topological polar surface area (TPSA) is 116 Å². The predicted molar refractivity (Wildman–Crippen MR) is 239 cm³/mol. The van der Waals surface area contributed by atoms with Crippen molar-refractivity contribution in [3.63, 3.8) is 0 Å². The van der Waals surface area contributed by atoms with Crippen LogP contribution in [0.25, 0.3) is 0 Å². The summed E-state index contributed by atoms with van der Waals surface area (Å²) in [6.45, 7) is 25.6. The first-order valence-corrected chi connectivity index (χ1v) is 21.8. The third-order valence-corrected chi connectivity index (χ3v) is 12.0. The Morgan fingerprint density at radius 1 is 0.818 bits per heavy atom. The average Bonchev–Trinajstić information content (AvgIpc) is 3.68. The third kappa shape index (κ3) is 18.3. The van der Waals surface area contributed by atoms with Crippen molar-refractivity contribution in [2.75, 3.05) is 5.75 Å². The zero-order valence-corrected chi connectivity index (χ0v) is 37.3. The maximum absolute atomic E-state index is 11.6. The van der Waals surface area contributed by atoms with Crippen molar-refractivity contribution in [2.45, 2.75) is 146 Å². The SMILES string of the molecule is CB(O)c1ccc(C(=O)C(C)C)cc1.CB(O)c1ccc(C(=O)NC(C)C)cc1.CC.CC(C)(C)C1SCC2NC(=O)CC21.CC(C)C1CC/C=C/CCC1. The summed E-state index contributed by atoms with van der Waals surface area (Å²) in [6.07, 6.45) is 12.3. The van der Waals surface area contributed by atoms with Crippen LogP contribution in [-0.4, -0.2) is 64.6 Å². The van der Waals surface area contributed by atoms with Crippen LogP contribution in [-0.2, 0) is 4.79 Å². The van der Waals surface area contributed by atoms with Crippen LogP contribution in [0.15, 0.2) is 60.7 Å². The van der Waals surface area contributed by atoms with E-state index >= 15 is 0 Å². The van der Waals surface area contributed by atoms with Gasteiger partial charge in [-0.15, -0.1) is 0 Å². The highest BCUT2D eigenvalue weighted by Crippen LogP contribution is 2.46. The van der Waals surface area contributed by atoms with Gasteiger partial charge < -0.3 is 20.7 Å². The Labute approximate surface area is 340 Å². The minimum Gasteiger partial charge on any atom is -0.447 e. The molecule has 10 heteroatoms. The smallest absolute Gasteiger partial charge is 0.320 e. The van der Waals surface area contributed by atoms with Crippen molar-refractivity contribution in [3.8, 4) is 0 Å². The molecule has 0 aromatic heterocycles. The molecule has 3 aliphatic rings. The van der Waals surface area contributed by atoms with E-state index in [1.807, 2.05) is 53.3 Å². The molecule has 0 spiro atoms. The first-order chi connectivity index (χ1) is 25.8. The zero-order valence-electron chi connectivity index (χ0n) is 36.4. The van der Waals surface area contributed by atoms with Crippen LogP contribution in [0.5, 0.6) is 0 Å². The van der Waals surface area contributed by atoms with Crippen molar-refractivity contribution < 1.29 is 24.4 Å². The highest BCUT2D eigenvalue weighted by molar-refractivity contribution is 8.00. The van der Waals surface area contributed by atoms with Crippen LogP contribution in [0, 0.1) is 29.1 Å². The molecule has 2 saturated heterocycles. The summed E-state index contributed by atoms with van der Waals surface area (Å²) >= 11 is 2.03. The summed E-state index contributed by atoms with van der Waals surface area (Å²) in [5.74, 6) is 3.90. The number of hydrogen-bond acceptors (Lipinski definition) is 6. The molecule has 306 valence electrons. The fraction of sp³-hybridized carbons (Fsp3) is 0.622. The molecular weight excluding hydrogens is 702 g/mol. The number of amides is 2. The second kappa shape index (κ2) is 25.4. The van der Waals surface area contributed by atoms with E-state index in [0.717, 1.165) is 34.9 Å². The lowest BCUT2D eigenvalue weighted by molar-refractivity contribution is -0.119. The maximum atomic E-state index is 11.6. The number of Topliss-reactive ketones (excluding diaryl/α,β-unsaturated/α-hetero) is 1. The van der Waals surface area contributed by atoms with E-state index in [1.165, 1.54) is 32.1 Å². The number of rotatable bonds is 7. The summed E-state index contributed by atoms with van der Waals surface area (Å²) in [5.41, 5.74) is 3.31. The summed E-state index contributed by atoms with van der Waals surface area (Å²) in [7, 11) is 0. The van der Waals surface area contributed by atoms with E-state index in [0.29, 0.717) is 33.8 Å². The lowest BCUT2D eigenvalue weighted by atomic mass is 9.64. The van der Waals surface area contributed by atoms with Crippen molar-refractivity contribution in [3.05, 3.63) is 71.8 Å². The normalized spacial score (nSPS) is 20.7. The molecule has 4 unspecified atom stereocenters. The summed E-state index contributed by atoms with van der Waals surface area (Å²) in [6, 6.07) is 14.7. The minimum atomic E-state index is -0.493. The van der Waals surface area contributed by atoms with Crippen LogP contribution >= 0.6 is 11.8 Å². The fourth-order valence-corrected chi connectivity index (χ4v) is 8.59. The molecule has 2 heterocycles. The maximum Gasteiger partial charge on any atom is 0.320 e. The van der Waals surface area contributed by atoms with Crippen LogP contribution in [0.2, 0.25) is 13.6 Å². The van der Waals surface area contributed by atoms with E-state index < -0.39 is 13.8 Å². The van der Waals surface area contributed by atoms with Crippen molar-refractivity contribution in [1.82, 2.24) is 10.6 Å². The van der Waals surface area contributed by atoms with Gasteiger partial charge in [-0.2, -0.15) is 11.8 Å². The first-order valence-electron chi connectivity index (χ1n) is 20.8. The molecule has 4 atom stereocenters. The van der Waals surface area contributed by atoms with E-state index in [-0.39, 0.29) is 29.6 Å². The molecule has 7 nitrogen and oxygen atoms in total. The van der Waals surface area contributed by atoms with Gasteiger partial charge in [0.15, 0.2) is 5.78 Å². The highest BCUT2D eigenvalue weighted by atomic mass is 32.2. The van der Waals surface area contributed by atoms with Gasteiger partial charge in [0.2, 0.25) is 5.91 Å². The van der Waals surface area contributed by atoms with Gasteiger partial charge >= 0.3 is 13.8 Å². The number of thioether (sulfide) groups is 1. The summed E-state index contributed by atoms with van der Waals surface area (Å²) in [4.78, 5) is 34.3. The van der Waals surface area contributed by atoms with Gasteiger partial charge in [-0.05, 0) is 86.3 Å². The lowest BCUT2D eigenvalue weighted by Crippen LogP contribution is -2.32. The van der Waals surface area contributed by atoms with E-state index in [9.17, 15) is 24.4 Å². The summed E-state index contributed by atoms with van der Waals surface area (Å²) in [5, 5.41) is 25.1.